The molecule has 0 aromatic heterocycles. The number of hydrogen-bond donors (Lipinski definition) is 0. The van der Waals surface area contributed by atoms with Gasteiger partial charge in [-0.25, -0.2) is 0 Å². The second-order valence-electron chi connectivity index (χ2n) is 2.39. The van der Waals surface area contributed by atoms with Crippen molar-refractivity contribution in [3.05, 3.63) is 35.4 Å². The van der Waals surface area contributed by atoms with E-state index in [2.05, 4.69) is 0 Å². The first-order valence-corrected chi connectivity index (χ1v) is 3.44. The molecule has 0 heterocycles. The van der Waals surface area contributed by atoms with Gasteiger partial charge in [-0.2, -0.15) is 0 Å². The summed E-state index contributed by atoms with van der Waals surface area (Å²) in [4.78, 5) is 21.3. The maximum absolute atomic E-state index is 10.9. The van der Waals surface area contributed by atoms with Crippen molar-refractivity contribution in [2.75, 3.05) is 0 Å². The number of carbonyl (C=O) groups is 2. The number of carboxylic acids is 1. The Morgan fingerprint density at radius 1 is 1.15 bits per heavy atom. The zero-order valence-corrected chi connectivity index (χ0v) is 10.7. The van der Waals surface area contributed by atoms with E-state index in [9.17, 15) is 14.7 Å². The third kappa shape index (κ3) is 3.32. The molecule has 0 saturated carbocycles. The molecule has 1 rings (SSSR count). The second-order valence-corrected chi connectivity index (χ2v) is 2.39. The molecular weight excluding hydrogens is 195 g/mol. The van der Waals surface area contributed by atoms with Crippen molar-refractivity contribution in [2.45, 2.75) is 6.92 Å². The Morgan fingerprint density at radius 3 is 1.92 bits per heavy atom. The van der Waals surface area contributed by atoms with Gasteiger partial charge in [0.05, 0.1) is 5.97 Å². The Bertz CT molecular complexity index is 300. The Labute approximate surface area is 119 Å². The number of Topliss-reactive ketones (excluding diaryl/α,β-unsaturated/α-hetero) is 1. The predicted molar refractivity (Wildman–Crippen MR) is 40.8 cm³/mol. The minimum atomic E-state index is -1.32. The minimum absolute atomic E-state index is 0. The van der Waals surface area contributed by atoms with Gasteiger partial charge in [-0.1, -0.05) is 24.3 Å². The summed E-state index contributed by atoms with van der Waals surface area (Å²) in [5.74, 6) is -1.59. The van der Waals surface area contributed by atoms with Crippen LogP contribution in [0.25, 0.3) is 0 Å². The molecule has 1 aromatic rings. The van der Waals surface area contributed by atoms with Crippen LogP contribution in [0.3, 0.4) is 0 Å². The first-order valence-electron chi connectivity index (χ1n) is 3.44. The topological polar surface area (TPSA) is 57.2 Å². The fraction of sp³-hybridized carbons (Fsp3) is 0.111. The van der Waals surface area contributed by atoms with Crippen LogP contribution in [-0.4, -0.2) is 11.8 Å². The number of aromatic carboxylic acids is 1. The largest absolute Gasteiger partial charge is 1.00 e. The van der Waals surface area contributed by atoms with Crippen LogP contribution in [0.15, 0.2) is 24.3 Å². The first-order chi connectivity index (χ1) is 5.63. The Morgan fingerprint density at radius 2 is 1.62 bits per heavy atom. The van der Waals surface area contributed by atoms with Crippen LogP contribution in [0.1, 0.15) is 27.6 Å². The summed E-state index contributed by atoms with van der Waals surface area (Å²) < 4.78 is 0. The molecule has 0 aliphatic carbocycles. The molecule has 62 valence electrons. The smallest absolute Gasteiger partial charge is 0.545 e. The van der Waals surface area contributed by atoms with E-state index in [0.717, 1.165) is 0 Å². The number of carboxylic acid groups (broad SMARTS) is 1. The van der Waals surface area contributed by atoms with Crippen LogP contribution in [-0.2, 0) is 0 Å². The average molecular weight is 202 g/mol. The van der Waals surface area contributed by atoms with E-state index < -0.39 is 5.97 Å². The van der Waals surface area contributed by atoms with Gasteiger partial charge in [0.1, 0.15) is 0 Å². The van der Waals surface area contributed by atoms with E-state index in [-0.39, 0.29) is 68.3 Å². The number of hydrogen-bond acceptors (Lipinski definition) is 3. The van der Waals surface area contributed by atoms with E-state index in [1.54, 1.807) is 12.1 Å². The summed E-state index contributed by atoms with van der Waals surface area (Å²) in [5.41, 5.74) is 0.141. The van der Waals surface area contributed by atoms with Gasteiger partial charge in [-0.15, -0.1) is 0 Å². The summed E-state index contributed by atoms with van der Waals surface area (Å²) in [5, 5.41) is 10.5. The molecule has 1 aromatic carbocycles. The first kappa shape index (κ1) is 13.0. The molecule has 0 bridgehead atoms. The van der Waals surface area contributed by atoms with Crippen LogP contribution in [0.4, 0.5) is 0 Å². The maximum Gasteiger partial charge on any atom is 1.00 e. The summed E-state index contributed by atoms with van der Waals surface area (Å²) in [6.45, 7) is 1.32. The van der Waals surface area contributed by atoms with Gasteiger partial charge in [-0.05, 0) is 6.92 Å². The molecule has 0 fully saturated rings. The number of ketones is 1. The second kappa shape index (κ2) is 5.67. The SMILES string of the molecule is CC(=O)c1ccccc1C(=O)[O-].[K+]. The van der Waals surface area contributed by atoms with E-state index in [0.29, 0.717) is 0 Å². The van der Waals surface area contributed by atoms with E-state index in [1.807, 2.05) is 0 Å². The zero-order chi connectivity index (χ0) is 9.14. The normalized spacial score (nSPS) is 8.69. The molecule has 0 atom stereocenters. The summed E-state index contributed by atoms with van der Waals surface area (Å²) in [6, 6.07) is 5.99. The zero-order valence-electron chi connectivity index (χ0n) is 7.53. The molecule has 0 N–H and O–H groups in total. The van der Waals surface area contributed by atoms with Crippen molar-refractivity contribution >= 4 is 11.8 Å². The Kier molecular flexibility index (Phi) is 5.67. The molecule has 0 amide bonds. The number of rotatable bonds is 2. The predicted octanol–water partition coefficient (Wildman–Crippen LogP) is -2.74. The van der Waals surface area contributed by atoms with Crippen molar-refractivity contribution in [1.82, 2.24) is 0 Å². The third-order valence-electron chi connectivity index (χ3n) is 1.53. The van der Waals surface area contributed by atoms with Crippen LogP contribution in [0.2, 0.25) is 0 Å². The summed E-state index contributed by atoms with van der Waals surface area (Å²) in [6.07, 6.45) is 0. The average Bonchev–Trinajstić information content (AvgIpc) is 2.04. The van der Waals surface area contributed by atoms with Gasteiger partial charge in [0.25, 0.3) is 0 Å². The van der Waals surface area contributed by atoms with Crippen molar-refractivity contribution in [1.29, 1.82) is 0 Å². The minimum Gasteiger partial charge on any atom is -0.545 e. The standard InChI is InChI=1S/C9H8O3.K/c1-6(10)7-4-2-3-5-8(7)9(11)12;/h2-5H,1H3,(H,11,12);/q;+1/p-1. The maximum atomic E-state index is 10.9. The van der Waals surface area contributed by atoms with Gasteiger partial charge in [0.2, 0.25) is 0 Å². The monoisotopic (exact) mass is 202 g/mol. The Hall–Kier alpha value is -0.00364. The molecular formula is C9H7KO3. The molecule has 4 heteroatoms. The van der Waals surface area contributed by atoms with Crippen LogP contribution < -0.4 is 56.5 Å². The third-order valence-corrected chi connectivity index (χ3v) is 1.53. The molecule has 0 aliphatic rings. The molecule has 0 spiro atoms. The van der Waals surface area contributed by atoms with Crippen LogP contribution >= 0.6 is 0 Å². The summed E-state index contributed by atoms with van der Waals surface area (Å²) >= 11 is 0. The van der Waals surface area contributed by atoms with E-state index in [4.69, 9.17) is 0 Å². The molecule has 0 aliphatic heterocycles. The molecule has 0 saturated heterocycles. The van der Waals surface area contributed by atoms with Gasteiger partial charge in [0, 0.05) is 11.1 Å². The number of carbonyl (C=O) groups excluding carboxylic acids is 2. The van der Waals surface area contributed by atoms with Crippen molar-refractivity contribution in [3.63, 3.8) is 0 Å². The molecule has 0 unspecified atom stereocenters. The molecule has 3 nitrogen and oxygen atoms in total. The molecule has 0 radical (unpaired) electrons. The number of benzene rings is 1. The van der Waals surface area contributed by atoms with Gasteiger partial charge in [-0.3, -0.25) is 4.79 Å². The van der Waals surface area contributed by atoms with Gasteiger partial charge >= 0.3 is 51.4 Å². The van der Waals surface area contributed by atoms with Crippen LogP contribution in [0.5, 0.6) is 0 Å². The van der Waals surface area contributed by atoms with Gasteiger partial charge in [0.15, 0.2) is 5.78 Å². The van der Waals surface area contributed by atoms with Crippen molar-refractivity contribution in [2.24, 2.45) is 0 Å². The Balaban J connectivity index is 0.00000144. The molecule has 13 heavy (non-hydrogen) atoms. The van der Waals surface area contributed by atoms with Crippen LogP contribution in [0, 0.1) is 0 Å². The summed E-state index contributed by atoms with van der Waals surface area (Å²) in [7, 11) is 0. The van der Waals surface area contributed by atoms with E-state index >= 15 is 0 Å². The quantitative estimate of drug-likeness (QED) is 0.386. The van der Waals surface area contributed by atoms with Gasteiger partial charge < -0.3 is 9.90 Å². The fourth-order valence-corrected chi connectivity index (χ4v) is 0.968. The van der Waals surface area contributed by atoms with Crippen molar-refractivity contribution < 1.29 is 66.1 Å². The van der Waals surface area contributed by atoms with Crippen molar-refractivity contribution in [3.8, 4) is 0 Å². The fourth-order valence-electron chi connectivity index (χ4n) is 0.968. The van der Waals surface area contributed by atoms with E-state index in [1.165, 1.54) is 19.1 Å².